The number of ether oxygens (including phenoxy) is 2. The molecule has 92 valence electrons. The third kappa shape index (κ3) is 1.71. The second-order valence-electron chi connectivity index (χ2n) is 4.49. The lowest BCUT2D eigenvalue weighted by atomic mass is 10.0. The van der Waals surface area contributed by atoms with Gasteiger partial charge in [0.05, 0.1) is 5.69 Å². The van der Waals surface area contributed by atoms with Crippen LogP contribution in [-0.4, -0.2) is 13.0 Å². The Morgan fingerprint density at radius 2 is 1.89 bits per heavy atom. The van der Waals surface area contributed by atoms with Crippen LogP contribution >= 0.6 is 0 Å². The smallest absolute Gasteiger partial charge is 0.231 e. The molecule has 0 amide bonds. The molecule has 0 spiro atoms. The Morgan fingerprint density at radius 3 is 2.89 bits per heavy atom. The minimum absolute atomic E-state index is 0.305. The summed E-state index contributed by atoms with van der Waals surface area (Å²) in [5.41, 5.74) is 4.39. The van der Waals surface area contributed by atoms with Crippen LogP contribution in [0.5, 0.6) is 11.5 Å². The molecule has 0 fully saturated rings. The predicted octanol–water partition coefficient (Wildman–Crippen LogP) is 3.67. The first kappa shape index (κ1) is 10.4. The Morgan fingerprint density at radius 1 is 1.00 bits per heavy atom. The summed E-state index contributed by atoms with van der Waals surface area (Å²) in [5.74, 6) is 1.61. The van der Waals surface area contributed by atoms with Crippen LogP contribution in [0.25, 0.3) is 11.6 Å². The molecule has 4 rings (SSSR count). The zero-order valence-corrected chi connectivity index (χ0v) is 10.2. The average molecular weight is 249 g/mol. The van der Waals surface area contributed by atoms with Crippen molar-refractivity contribution >= 4 is 23.6 Å². The fraction of sp³-hybridized carbons (Fsp3) is 0.0625. The van der Waals surface area contributed by atoms with Crippen molar-refractivity contribution < 1.29 is 9.47 Å². The average Bonchev–Trinajstić information content (AvgIpc) is 3.06. The van der Waals surface area contributed by atoms with E-state index in [4.69, 9.17) is 9.47 Å². The predicted molar refractivity (Wildman–Crippen MR) is 75.0 cm³/mol. The van der Waals surface area contributed by atoms with E-state index in [2.05, 4.69) is 17.1 Å². The first-order valence-corrected chi connectivity index (χ1v) is 6.15. The van der Waals surface area contributed by atoms with E-state index in [0.717, 1.165) is 28.3 Å². The summed E-state index contributed by atoms with van der Waals surface area (Å²) in [4.78, 5) is 4.40. The normalized spacial score (nSPS) is 16.9. The van der Waals surface area contributed by atoms with E-state index in [0.29, 0.717) is 6.79 Å². The Hall–Kier alpha value is -2.55. The highest BCUT2D eigenvalue weighted by Crippen LogP contribution is 2.35. The molecule has 3 heteroatoms. The van der Waals surface area contributed by atoms with Crippen LogP contribution in [0, 0.1) is 0 Å². The molecular formula is C16H11NO2. The van der Waals surface area contributed by atoms with Crippen molar-refractivity contribution in [3.63, 3.8) is 0 Å². The molecule has 19 heavy (non-hydrogen) atoms. The largest absolute Gasteiger partial charge is 0.454 e. The van der Waals surface area contributed by atoms with Gasteiger partial charge >= 0.3 is 0 Å². The second-order valence-corrected chi connectivity index (χ2v) is 4.49. The van der Waals surface area contributed by atoms with E-state index in [1.54, 1.807) is 0 Å². The Bertz CT molecular complexity index is 716. The van der Waals surface area contributed by atoms with Gasteiger partial charge in [0.2, 0.25) is 6.79 Å². The summed E-state index contributed by atoms with van der Waals surface area (Å²) in [6.45, 7) is 0.305. The van der Waals surface area contributed by atoms with Gasteiger partial charge in [0.25, 0.3) is 0 Å². The van der Waals surface area contributed by atoms with Crippen LogP contribution in [0.4, 0.5) is 5.69 Å². The molecule has 2 aliphatic heterocycles. The molecule has 0 aliphatic carbocycles. The molecule has 2 heterocycles. The number of benzene rings is 2. The van der Waals surface area contributed by atoms with Crippen LogP contribution in [0.15, 0.2) is 47.5 Å². The Balaban J connectivity index is 1.76. The fourth-order valence-corrected chi connectivity index (χ4v) is 2.34. The van der Waals surface area contributed by atoms with Gasteiger partial charge in [-0.05, 0) is 29.8 Å². The quantitative estimate of drug-likeness (QED) is 0.772. The van der Waals surface area contributed by atoms with Crippen molar-refractivity contribution in [3.05, 3.63) is 53.6 Å². The van der Waals surface area contributed by atoms with Gasteiger partial charge in [-0.1, -0.05) is 24.3 Å². The minimum atomic E-state index is 0.305. The topological polar surface area (TPSA) is 30.8 Å². The summed E-state index contributed by atoms with van der Waals surface area (Å²) in [7, 11) is 0. The lowest BCUT2D eigenvalue weighted by molar-refractivity contribution is 0.174. The third-order valence-electron chi connectivity index (χ3n) is 3.28. The highest BCUT2D eigenvalue weighted by Gasteiger charge is 2.14. The molecule has 0 N–H and O–H groups in total. The van der Waals surface area contributed by atoms with E-state index >= 15 is 0 Å². The van der Waals surface area contributed by atoms with Gasteiger partial charge in [-0.25, -0.2) is 0 Å². The molecule has 2 aromatic carbocycles. The van der Waals surface area contributed by atoms with Crippen molar-refractivity contribution in [2.75, 3.05) is 6.79 Å². The molecule has 2 aromatic rings. The van der Waals surface area contributed by atoms with Crippen LogP contribution in [-0.2, 0) is 0 Å². The maximum Gasteiger partial charge on any atom is 0.231 e. The van der Waals surface area contributed by atoms with Crippen LogP contribution < -0.4 is 9.47 Å². The third-order valence-corrected chi connectivity index (χ3v) is 3.28. The number of allylic oxidation sites excluding steroid dienone is 1. The molecule has 0 saturated heterocycles. The standard InChI is InChI=1S/C16H11NO2/c1-2-4-14-13(3-1)12(9-17-14)7-11-5-6-15-16(8-11)19-10-18-15/h1-9H,10H2. The van der Waals surface area contributed by atoms with Crippen LogP contribution in [0.3, 0.4) is 0 Å². The van der Waals surface area contributed by atoms with Gasteiger partial charge in [-0.15, -0.1) is 0 Å². The number of hydrogen-bond acceptors (Lipinski definition) is 3. The molecular weight excluding hydrogens is 238 g/mol. The summed E-state index contributed by atoms with van der Waals surface area (Å²) in [6.07, 6.45) is 4.01. The summed E-state index contributed by atoms with van der Waals surface area (Å²) in [6, 6.07) is 14.1. The molecule has 2 aliphatic rings. The monoisotopic (exact) mass is 249 g/mol. The van der Waals surface area contributed by atoms with Crippen molar-refractivity contribution in [2.24, 2.45) is 4.99 Å². The van der Waals surface area contributed by atoms with E-state index in [9.17, 15) is 0 Å². The molecule has 0 aromatic heterocycles. The van der Waals surface area contributed by atoms with Crippen LogP contribution in [0.1, 0.15) is 11.1 Å². The van der Waals surface area contributed by atoms with Crippen molar-refractivity contribution in [2.45, 2.75) is 0 Å². The van der Waals surface area contributed by atoms with Gasteiger partial charge in [0.1, 0.15) is 0 Å². The van der Waals surface area contributed by atoms with E-state index in [1.165, 1.54) is 5.56 Å². The zero-order chi connectivity index (χ0) is 12.7. The van der Waals surface area contributed by atoms with Crippen molar-refractivity contribution in [3.8, 4) is 11.5 Å². The number of fused-ring (bicyclic) bond motifs is 2. The second kappa shape index (κ2) is 3.99. The van der Waals surface area contributed by atoms with Crippen LogP contribution in [0.2, 0.25) is 0 Å². The van der Waals surface area contributed by atoms with Gasteiger partial charge < -0.3 is 9.47 Å². The highest BCUT2D eigenvalue weighted by molar-refractivity contribution is 6.21. The van der Waals surface area contributed by atoms with E-state index < -0.39 is 0 Å². The maximum atomic E-state index is 5.39. The Kier molecular flexibility index (Phi) is 2.18. The number of aliphatic imine (C=N–C) groups is 1. The van der Waals surface area contributed by atoms with Gasteiger partial charge in [-0.3, -0.25) is 4.99 Å². The molecule has 0 unspecified atom stereocenters. The van der Waals surface area contributed by atoms with Crippen molar-refractivity contribution in [1.82, 2.24) is 0 Å². The first-order valence-electron chi connectivity index (χ1n) is 6.15. The number of hydrogen-bond donors (Lipinski definition) is 0. The SMILES string of the molecule is C1=Nc2ccccc2C1=Cc1ccc2c(c1)OCO2. The van der Waals surface area contributed by atoms with Gasteiger partial charge in [0, 0.05) is 17.4 Å². The number of rotatable bonds is 1. The number of nitrogens with zero attached hydrogens (tertiary/aromatic N) is 1. The Labute approximate surface area is 110 Å². The maximum absolute atomic E-state index is 5.39. The molecule has 0 radical (unpaired) electrons. The van der Waals surface area contributed by atoms with Crippen molar-refractivity contribution in [1.29, 1.82) is 0 Å². The molecule has 3 nitrogen and oxygen atoms in total. The van der Waals surface area contributed by atoms with Gasteiger partial charge in [0.15, 0.2) is 11.5 Å². The molecule has 0 atom stereocenters. The molecule has 0 bridgehead atoms. The minimum Gasteiger partial charge on any atom is -0.454 e. The molecule has 0 saturated carbocycles. The van der Waals surface area contributed by atoms with E-state index in [1.807, 2.05) is 42.6 Å². The summed E-state index contributed by atoms with van der Waals surface area (Å²) >= 11 is 0. The zero-order valence-electron chi connectivity index (χ0n) is 10.2. The first-order chi connectivity index (χ1) is 9.40. The van der Waals surface area contributed by atoms with Gasteiger partial charge in [-0.2, -0.15) is 0 Å². The lowest BCUT2D eigenvalue weighted by Gasteiger charge is -2.01. The fourth-order valence-electron chi connectivity index (χ4n) is 2.34. The van der Waals surface area contributed by atoms with E-state index in [-0.39, 0.29) is 0 Å². The highest BCUT2D eigenvalue weighted by atomic mass is 16.7. The number of para-hydroxylation sites is 1. The lowest BCUT2D eigenvalue weighted by Crippen LogP contribution is -1.92. The summed E-state index contributed by atoms with van der Waals surface area (Å²) < 4.78 is 10.7. The summed E-state index contributed by atoms with van der Waals surface area (Å²) in [5, 5.41) is 0.